The van der Waals surface area contributed by atoms with E-state index in [0.29, 0.717) is 65.0 Å². The Balaban J connectivity index is 1.77. The number of amides is 1. The predicted octanol–water partition coefficient (Wildman–Crippen LogP) is 6.99. The molecule has 2 aromatic heterocycles. The molecule has 1 N–H and O–H groups in total. The molecular formula is C34H36F2N4O3S. The number of hydrogen-bond acceptors (Lipinski definition) is 6. The predicted molar refractivity (Wildman–Crippen MR) is 172 cm³/mol. The number of nitrogens with one attached hydrogen (secondary N) is 1. The summed E-state index contributed by atoms with van der Waals surface area (Å²) in [6.45, 7) is 9.68. The van der Waals surface area contributed by atoms with Crippen LogP contribution in [0.3, 0.4) is 0 Å². The van der Waals surface area contributed by atoms with Crippen molar-refractivity contribution in [1.82, 2.24) is 19.8 Å². The number of pyridine rings is 1. The molecule has 2 aromatic carbocycles. The van der Waals surface area contributed by atoms with Gasteiger partial charge in [0.2, 0.25) is 0 Å². The standard InChI is InChI=1S/C34H36F2N4O3S/c1-6-22-11-12-25(43-5)16-29(22)40-30(15-20(2)3)26(33(41)39-14-13-37-21(4)18-39)17-27(34(40)42)32-38-28(19-44-32)23-7-9-24(10-8-23)31(35)36/h7-12,15-17,19,21,31,37H,6,13-14,18H2,1-5H3/t21-/m1/s1. The van der Waals surface area contributed by atoms with Gasteiger partial charge in [-0.05, 0) is 51.0 Å². The number of piperazine rings is 1. The maximum absolute atomic E-state index is 14.5. The topological polar surface area (TPSA) is 76.5 Å². The highest BCUT2D eigenvalue weighted by Gasteiger charge is 2.28. The number of carbonyl (C=O) groups excluding carboxylic acids is 1. The number of alkyl halides is 2. The second-order valence-corrected chi connectivity index (χ2v) is 12.0. The van der Waals surface area contributed by atoms with Crippen molar-refractivity contribution in [3.63, 3.8) is 0 Å². The van der Waals surface area contributed by atoms with E-state index < -0.39 is 6.43 Å². The maximum Gasteiger partial charge on any atom is 0.265 e. The minimum atomic E-state index is -2.56. The Hall–Kier alpha value is -4.15. The van der Waals surface area contributed by atoms with Crippen molar-refractivity contribution in [2.24, 2.45) is 0 Å². The minimum Gasteiger partial charge on any atom is -0.497 e. The Morgan fingerprint density at radius 3 is 2.57 bits per heavy atom. The first-order valence-corrected chi connectivity index (χ1v) is 15.5. The van der Waals surface area contributed by atoms with Crippen molar-refractivity contribution in [2.45, 2.75) is 46.6 Å². The number of aryl methyl sites for hydroxylation is 1. The van der Waals surface area contributed by atoms with Crippen LogP contribution in [0.1, 0.15) is 61.3 Å². The summed E-state index contributed by atoms with van der Waals surface area (Å²) in [5.74, 6) is 0.423. The van der Waals surface area contributed by atoms with Crippen LogP contribution in [0.4, 0.5) is 8.78 Å². The zero-order valence-electron chi connectivity index (χ0n) is 25.5. The fourth-order valence-corrected chi connectivity index (χ4v) is 6.24. The summed E-state index contributed by atoms with van der Waals surface area (Å²) in [5.41, 5.74) is 4.49. The van der Waals surface area contributed by atoms with Gasteiger partial charge in [0.1, 0.15) is 10.8 Å². The Morgan fingerprint density at radius 1 is 1.18 bits per heavy atom. The van der Waals surface area contributed by atoms with Crippen LogP contribution in [0.25, 0.3) is 33.6 Å². The van der Waals surface area contributed by atoms with E-state index in [1.165, 1.54) is 23.5 Å². The van der Waals surface area contributed by atoms with Gasteiger partial charge in [0.15, 0.2) is 0 Å². The molecule has 7 nitrogen and oxygen atoms in total. The smallest absolute Gasteiger partial charge is 0.265 e. The average Bonchev–Trinajstić information content (AvgIpc) is 3.50. The van der Waals surface area contributed by atoms with Crippen LogP contribution in [0, 0.1) is 0 Å². The molecule has 1 aliphatic rings. The molecule has 10 heteroatoms. The van der Waals surface area contributed by atoms with Gasteiger partial charge in [0.25, 0.3) is 17.9 Å². The largest absolute Gasteiger partial charge is 0.497 e. The van der Waals surface area contributed by atoms with Crippen LogP contribution in [0.2, 0.25) is 0 Å². The first-order valence-electron chi connectivity index (χ1n) is 14.6. The molecule has 0 spiro atoms. The molecular weight excluding hydrogens is 582 g/mol. The monoisotopic (exact) mass is 618 g/mol. The molecule has 1 aliphatic heterocycles. The van der Waals surface area contributed by atoms with Gasteiger partial charge < -0.3 is 15.0 Å². The molecule has 1 fully saturated rings. The molecule has 4 aromatic rings. The van der Waals surface area contributed by atoms with Gasteiger partial charge in [-0.1, -0.05) is 42.8 Å². The Kier molecular flexibility index (Phi) is 9.41. The fourth-order valence-electron chi connectivity index (χ4n) is 5.40. The number of carbonyl (C=O) groups is 1. The van der Waals surface area contributed by atoms with Crippen molar-refractivity contribution < 1.29 is 18.3 Å². The lowest BCUT2D eigenvalue weighted by molar-refractivity contribution is 0.0708. The number of methoxy groups -OCH3 is 1. The van der Waals surface area contributed by atoms with Gasteiger partial charge in [-0.3, -0.25) is 14.2 Å². The van der Waals surface area contributed by atoms with E-state index in [-0.39, 0.29) is 28.6 Å². The van der Waals surface area contributed by atoms with Gasteiger partial charge >= 0.3 is 0 Å². The lowest BCUT2D eigenvalue weighted by atomic mass is 10.0. The average molecular weight is 619 g/mol. The zero-order chi connectivity index (χ0) is 31.5. The molecule has 0 radical (unpaired) electrons. The van der Waals surface area contributed by atoms with Crippen molar-refractivity contribution >= 4 is 23.3 Å². The lowest BCUT2D eigenvalue weighted by Crippen LogP contribution is -2.51. The molecule has 0 unspecified atom stereocenters. The summed E-state index contributed by atoms with van der Waals surface area (Å²) in [6, 6.07) is 13.4. The number of ether oxygens (including phenoxy) is 1. The number of halogens is 2. The molecule has 44 heavy (non-hydrogen) atoms. The third-order valence-corrected chi connectivity index (χ3v) is 8.53. The molecule has 5 rings (SSSR count). The van der Waals surface area contributed by atoms with Gasteiger partial charge in [0.05, 0.1) is 35.3 Å². The summed E-state index contributed by atoms with van der Waals surface area (Å²) in [5, 5.41) is 5.61. The Labute approximate surface area is 259 Å². The molecule has 3 heterocycles. The Morgan fingerprint density at radius 2 is 1.93 bits per heavy atom. The van der Waals surface area contributed by atoms with Crippen LogP contribution >= 0.6 is 11.3 Å². The number of aromatic nitrogens is 2. The molecule has 230 valence electrons. The van der Waals surface area contributed by atoms with Crippen LogP contribution < -0.4 is 15.6 Å². The second-order valence-electron chi connectivity index (χ2n) is 11.1. The highest BCUT2D eigenvalue weighted by molar-refractivity contribution is 7.13. The summed E-state index contributed by atoms with van der Waals surface area (Å²) in [7, 11) is 1.58. The molecule has 0 bridgehead atoms. The van der Waals surface area contributed by atoms with Crippen molar-refractivity contribution in [2.75, 3.05) is 26.7 Å². The van der Waals surface area contributed by atoms with E-state index in [9.17, 15) is 18.4 Å². The maximum atomic E-state index is 14.5. The molecule has 1 atom stereocenters. The first-order chi connectivity index (χ1) is 21.1. The van der Waals surface area contributed by atoms with E-state index in [4.69, 9.17) is 9.72 Å². The van der Waals surface area contributed by atoms with Gasteiger partial charge in [-0.15, -0.1) is 11.3 Å². The van der Waals surface area contributed by atoms with Crippen LogP contribution in [-0.2, 0) is 6.42 Å². The summed E-state index contributed by atoms with van der Waals surface area (Å²) in [4.78, 5) is 35.4. The van der Waals surface area contributed by atoms with Gasteiger partial charge in [-0.2, -0.15) is 0 Å². The number of hydrogen-bond donors (Lipinski definition) is 1. The minimum absolute atomic E-state index is 0.0719. The van der Waals surface area contributed by atoms with Gasteiger partial charge in [0, 0.05) is 48.2 Å². The van der Waals surface area contributed by atoms with Crippen molar-refractivity contribution in [3.8, 4) is 33.3 Å². The third kappa shape index (κ3) is 6.37. The molecule has 0 aliphatic carbocycles. The van der Waals surface area contributed by atoms with E-state index in [1.54, 1.807) is 35.3 Å². The summed E-state index contributed by atoms with van der Waals surface area (Å²) >= 11 is 1.27. The molecule has 0 saturated carbocycles. The highest BCUT2D eigenvalue weighted by atomic mass is 32.1. The Bertz CT molecular complexity index is 1760. The molecule has 1 amide bonds. The fraction of sp³-hybridized carbons (Fsp3) is 0.324. The number of thiazole rings is 1. The van der Waals surface area contributed by atoms with E-state index >= 15 is 0 Å². The van der Waals surface area contributed by atoms with Crippen molar-refractivity contribution in [3.05, 3.63) is 92.2 Å². The number of benzene rings is 2. The second kappa shape index (κ2) is 13.2. The highest BCUT2D eigenvalue weighted by Crippen LogP contribution is 2.32. The van der Waals surface area contributed by atoms with E-state index in [0.717, 1.165) is 11.1 Å². The molecule has 1 saturated heterocycles. The lowest BCUT2D eigenvalue weighted by Gasteiger charge is -2.32. The van der Waals surface area contributed by atoms with Crippen molar-refractivity contribution in [1.29, 1.82) is 0 Å². The third-order valence-electron chi connectivity index (χ3n) is 7.66. The zero-order valence-corrected chi connectivity index (χ0v) is 26.3. The number of allylic oxidation sites excluding steroid dienone is 1. The van der Waals surface area contributed by atoms with Gasteiger partial charge in [-0.25, -0.2) is 13.8 Å². The summed E-state index contributed by atoms with van der Waals surface area (Å²) in [6.07, 6.45) is -0.0354. The van der Waals surface area contributed by atoms with Crippen LogP contribution in [-0.4, -0.2) is 53.1 Å². The number of rotatable bonds is 8. The van der Waals surface area contributed by atoms with Crippen LogP contribution in [0.15, 0.2) is 64.3 Å². The SMILES string of the molecule is CCc1ccc(OC)cc1-n1c(C=C(C)C)c(C(=O)N2CCN[C@H](C)C2)cc(-c2nc(-c3ccc(C(F)F)cc3)cs2)c1=O. The number of nitrogens with zero attached hydrogens (tertiary/aromatic N) is 3. The van der Waals surface area contributed by atoms with E-state index in [2.05, 4.69) is 5.32 Å². The normalized spacial score (nSPS) is 15.0. The van der Waals surface area contributed by atoms with E-state index in [1.807, 2.05) is 56.9 Å². The first kappa shape index (κ1) is 31.3. The van der Waals surface area contributed by atoms with Crippen LogP contribution in [0.5, 0.6) is 5.75 Å². The quantitative estimate of drug-likeness (QED) is 0.230. The summed E-state index contributed by atoms with van der Waals surface area (Å²) < 4.78 is 33.4.